The van der Waals surface area contributed by atoms with Gasteiger partial charge >= 0.3 is 0 Å². The van der Waals surface area contributed by atoms with Gasteiger partial charge < -0.3 is 20.4 Å². The zero-order valence-electron chi connectivity index (χ0n) is 17.6. The first-order valence-corrected chi connectivity index (χ1v) is 10.4. The molecule has 0 radical (unpaired) electrons. The highest BCUT2D eigenvalue weighted by Gasteiger charge is 2.05. The number of guanidine groups is 1. The number of para-hydroxylation sites is 1. The van der Waals surface area contributed by atoms with Gasteiger partial charge in [0.25, 0.3) is 0 Å². The van der Waals surface area contributed by atoms with E-state index >= 15 is 0 Å². The lowest BCUT2D eigenvalue weighted by atomic mass is 10.1. The Morgan fingerprint density at radius 2 is 1.84 bits per heavy atom. The molecule has 2 aromatic heterocycles. The first-order chi connectivity index (χ1) is 15.3. The van der Waals surface area contributed by atoms with Crippen molar-refractivity contribution in [1.82, 2.24) is 20.6 Å². The van der Waals surface area contributed by atoms with Crippen LogP contribution in [0.25, 0.3) is 10.9 Å². The van der Waals surface area contributed by atoms with Crippen molar-refractivity contribution in [3.8, 4) is 5.88 Å². The van der Waals surface area contributed by atoms with Crippen molar-refractivity contribution in [3.05, 3.63) is 95.8 Å². The molecule has 2 aromatic carbocycles. The zero-order valence-corrected chi connectivity index (χ0v) is 17.6. The SMILES string of the molecule is CN=C(NCCc1c[nH]c2ccccc12)NCc1ccnc(OCc2ccccc2)c1. The second-order valence-corrected chi connectivity index (χ2v) is 7.24. The molecule has 0 aliphatic heterocycles. The van der Waals surface area contributed by atoms with Crippen LogP contribution in [0.1, 0.15) is 16.7 Å². The lowest BCUT2D eigenvalue weighted by molar-refractivity contribution is 0.293. The van der Waals surface area contributed by atoms with Crippen LogP contribution in [0.5, 0.6) is 5.88 Å². The van der Waals surface area contributed by atoms with Crippen molar-refractivity contribution in [2.75, 3.05) is 13.6 Å². The van der Waals surface area contributed by atoms with Crippen molar-refractivity contribution in [2.24, 2.45) is 4.99 Å². The molecule has 2 heterocycles. The third-order valence-electron chi connectivity index (χ3n) is 5.07. The summed E-state index contributed by atoms with van der Waals surface area (Å²) < 4.78 is 5.82. The normalized spacial score (nSPS) is 11.5. The van der Waals surface area contributed by atoms with Gasteiger partial charge in [-0.25, -0.2) is 4.98 Å². The number of aliphatic imine (C=N–C) groups is 1. The van der Waals surface area contributed by atoms with E-state index in [1.807, 2.05) is 48.5 Å². The van der Waals surface area contributed by atoms with Crippen molar-refractivity contribution in [3.63, 3.8) is 0 Å². The molecule has 0 saturated heterocycles. The summed E-state index contributed by atoms with van der Waals surface area (Å²) in [6.45, 7) is 1.93. The van der Waals surface area contributed by atoms with Gasteiger partial charge in [-0.05, 0) is 35.2 Å². The molecular formula is C25H27N5O. The van der Waals surface area contributed by atoms with Crippen LogP contribution in [0, 0.1) is 0 Å². The molecule has 0 spiro atoms. The molecule has 6 heteroatoms. The maximum Gasteiger partial charge on any atom is 0.213 e. The minimum Gasteiger partial charge on any atom is -0.473 e. The third kappa shape index (κ3) is 5.63. The summed E-state index contributed by atoms with van der Waals surface area (Å²) in [4.78, 5) is 11.9. The van der Waals surface area contributed by atoms with Crippen molar-refractivity contribution in [2.45, 2.75) is 19.6 Å². The number of benzene rings is 2. The van der Waals surface area contributed by atoms with Gasteiger partial charge in [0.15, 0.2) is 5.96 Å². The predicted molar refractivity (Wildman–Crippen MR) is 125 cm³/mol. The Kier molecular flexibility index (Phi) is 6.80. The van der Waals surface area contributed by atoms with Crippen LogP contribution >= 0.6 is 0 Å². The number of nitrogens with one attached hydrogen (secondary N) is 3. The smallest absolute Gasteiger partial charge is 0.213 e. The Morgan fingerprint density at radius 1 is 1.00 bits per heavy atom. The highest BCUT2D eigenvalue weighted by molar-refractivity contribution is 5.83. The molecule has 0 fully saturated rings. The van der Waals surface area contributed by atoms with Crippen LogP contribution in [-0.2, 0) is 19.6 Å². The van der Waals surface area contributed by atoms with E-state index in [2.05, 4.69) is 50.0 Å². The van der Waals surface area contributed by atoms with E-state index in [1.165, 1.54) is 16.5 Å². The number of ether oxygens (including phenoxy) is 1. The number of fused-ring (bicyclic) bond motifs is 1. The molecule has 0 bridgehead atoms. The quantitative estimate of drug-likeness (QED) is 0.301. The lowest BCUT2D eigenvalue weighted by Gasteiger charge is -2.12. The lowest BCUT2D eigenvalue weighted by Crippen LogP contribution is -2.37. The highest BCUT2D eigenvalue weighted by atomic mass is 16.5. The van der Waals surface area contributed by atoms with Crippen molar-refractivity contribution < 1.29 is 4.74 Å². The molecule has 0 atom stereocenters. The Hall–Kier alpha value is -3.80. The topological polar surface area (TPSA) is 74.3 Å². The Morgan fingerprint density at radius 3 is 2.71 bits per heavy atom. The number of H-pyrrole nitrogens is 1. The van der Waals surface area contributed by atoms with E-state index in [9.17, 15) is 0 Å². The highest BCUT2D eigenvalue weighted by Crippen LogP contribution is 2.17. The number of aromatic amines is 1. The molecule has 0 unspecified atom stereocenters. The molecular weight excluding hydrogens is 386 g/mol. The Balaban J connectivity index is 1.25. The Labute approximate surface area is 182 Å². The number of pyridine rings is 1. The van der Waals surface area contributed by atoms with Crippen molar-refractivity contribution in [1.29, 1.82) is 0 Å². The fourth-order valence-corrected chi connectivity index (χ4v) is 3.43. The number of nitrogens with zero attached hydrogens (tertiary/aromatic N) is 2. The fraction of sp³-hybridized carbons (Fsp3) is 0.200. The summed E-state index contributed by atoms with van der Waals surface area (Å²) in [5.41, 5.74) is 4.67. The second-order valence-electron chi connectivity index (χ2n) is 7.24. The van der Waals surface area contributed by atoms with E-state index in [4.69, 9.17) is 4.74 Å². The number of aromatic nitrogens is 2. The second kappa shape index (κ2) is 10.3. The molecule has 31 heavy (non-hydrogen) atoms. The summed E-state index contributed by atoms with van der Waals surface area (Å²) >= 11 is 0. The molecule has 0 aliphatic rings. The Bertz CT molecular complexity index is 1140. The summed E-state index contributed by atoms with van der Waals surface area (Å²) in [5.74, 6) is 1.38. The molecule has 0 aliphatic carbocycles. The molecule has 158 valence electrons. The van der Waals surface area contributed by atoms with Crippen LogP contribution in [0.15, 0.2) is 84.1 Å². The predicted octanol–water partition coefficient (Wildman–Crippen LogP) is 4.05. The molecule has 4 rings (SSSR count). The monoisotopic (exact) mass is 413 g/mol. The standard InChI is InChI=1S/C25H27N5O/c1-26-25(28-14-12-21-17-29-23-10-6-5-9-22(21)23)30-16-20-11-13-27-24(15-20)31-18-19-7-3-2-4-8-19/h2-11,13,15,17,29H,12,14,16,18H2,1H3,(H2,26,28,30). The van der Waals surface area contributed by atoms with Gasteiger partial charge in [0.05, 0.1) is 0 Å². The van der Waals surface area contributed by atoms with Gasteiger partial charge in [-0.3, -0.25) is 4.99 Å². The van der Waals surface area contributed by atoms with E-state index in [-0.39, 0.29) is 0 Å². The fourth-order valence-electron chi connectivity index (χ4n) is 3.43. The molecule has 6 nitrogen and oxygen atoms in total. The summed E-state index contributed by atoms with van der Waals surface area (Å²) in [5, 5.41) is 8.00. The van der Waals surface area contributed by atoms with Gasteiger partial charge in [-0.2, -0.15) is 0 Å². The summed E-state index contributed by atoms with van der Waals surface area (Å²) in [7, 11) is 1.78. The first kappa shape index (κ1) is 20.5. The van der Waals surface area contributed by atoms with Gasteiger partial charge in [-0.15, -0.1) is 0 Å². The largest absolute Gasteiger partial charge is 0.473 e. The maximum absolute atomic E-state index is 5.82. The summed E-state index contributed by atoms with van der Waals surface area (Å²) in [6.07, 6.45) is 4.76. The first-order valence-electron chi connectivity index (χ1n) is 10.4. The minimum absolute atomic E-state index is 0.502. The van der Waals surface area contributed by atoms with Gasteiger partial charge in [-0.1, -0.05) is 48.5 Å². The van der Waals surface area contributed by atoms with Crippen LogP contribution in [0.2, 0.25) is 0 Å². The average Bonchev–Trinajstić information content (AvgIpc) is 3.24. The maximum atomic E-state index is 5.82. The minimum atomic E-state index is 0.502. The molecule has 3 N–H and O–H groups in total. The van der Waals surface area contributed by atoms with Crippen molar-refractivity contribution >= 4 is 16.9 Å². The van der Waals surface area contributed by atoms with E-state index in [0.717, 1.165) is 30.1 Å². The number of hydrogen-bond acceptors (Lipinski definition) is 3. The van der Waals surface area contributed by atoms with Crippen LogP contribution in [0.3, 0.4) is 0 Å². The van der Waals surface area contributed by atoms with Crippen LogP contribution < -0.4 is 15.4 Å². The zero-order chi connectivity index (χ0) is 21.3. The number of rotatable bonds is 8. The molecule has 0 saturated carbocycles. The van der Waals surface area contributed by atoms with Gasteiger partial charge in [0, 0.05) is 49.5 Å². The van der Waals surface area contributed by atoms with Gasteiger partial charge in [0.2, 0.25) is 5.88 Å². The van der Waals surface area contributed by atoms with E-state index in [1.54, 1.807) is 13.2 Å². The van der Waals surface area contributed by atoms with E-state index < -0.39 is 0 Å². The average molecular weight is 414 g/mol. The molecule has 0 amide bonds. The van der Waals surface area contributed by atoms with Crippen LogP contribution in [-0.4, -0.2) is 29.5 Å². The summed E-state index contributed by atoms with van der Waals surface area (Å²) in [6, 6.07) is 22.4. The van der Waals surface area contributed by atoms with Crippen LogP contribution in [0.4, 0.5) is 0 Å². The number of hydrogen-bond donors (Lipinski definition) is 3. The van der Waals surface area contributed by atoms with E-state index in [0.29, 0.717) is 19.0 Å². The molecule has 4 aromatic rings. The van der Waals surface area contributed by atoms with Gasteiger partial charge in [0.1, 0.15) is 6.61 Å². The third-order valence-corrected chi connectivity index (χ3v) is 5.07.